The summed E-state index contributed by atoms with van der Waals surface area (Å²) in [4.78, 5) is 23.9. The molecule has 2 aromatic rings. The second-order valence-electron chi connectivity index (χ2n) is 5.61. The highest BCUT2D eigenvalue weighted by Crippen LogP contribution is 2.38. The number of anilines is 1. The van der Waals surface area contributed by atoms with E-state index in [0.717, 1.165) is 0 Å². The highest BCUT2D eigenvalue weighted by Gasteiger charge is 2.18. The molecule has 6 nitrogen and oxygen atoms in total. The summed E-state index contributed by atoms with van der Waals surface area (Å²) in [5, 5.41) is 3.62. The maximum atomic E-state index is 12.0. The summed E-state index contributed by atoms with van der Waals surface area (Å²) < 4.78 is 15.9. The zero-order chi connectivity index (χ0) is 19.4. The van der Waals surface area contributed by atoms with Crippen LogP contribution in [-0.4, -0.2) is 31.7 Å². The van der Waals surface area contributed by atoms with Crippen molar-refractivity contribution in [2.24, 2.45) is 0 Å². The number of esters is 1. The number of carbonyl (C=O) groups is 2. The lowest BCUT2D eigenvalue weighted by Gasteiger charge is -2.20. The summed E-state index contributed by atoms with van der Waals surface area (Å²) in [6.45, 7) is 0.364. The molecule has 1 amide bonds. The van der Waals surface area contributed by atoms with Crippen LogP contribution in [0.2, 0.25) is 15.1 Å². The molecule has 0 aromatic heterocycles. The van der Waals surface area contributed by atoms with E-state index in [4.69, 9.17) is 49.0 Å². The zero-order valence-electron chi connectivity index (χ0n) is 13.9. The highest BCUT2D eigenvalue weighted by atomic mass is 35.5. The van der Waals surface area contributed by atoms with Crippen LogP contribution in [0.15, 0.2) is 30.3 Å². The Morgan fingerprint density at radius 1 is 1.04 bits per heavy atom. The Morgan fingerprint density at radius 2 is 1.81 bits per heavy atom. The number of benzene rings is 2. The van der Waals surface area contributed by atoms with Gasteiger partial charge in [-0.1, -0.05) is 34.8 Å². The predicted molar refractivity (Wildman–Crippen MR) is 102 cm³/mol. The average Bonchev–Trinajstić information content (AvgIpc) is 2.63. The molecule has 1 heterocycles. The van der Waals surface area contributed by atoms with E-state index in [0.29, 0.717) is 51.0 Å². The van der Waals surface area contributed by atoms with Crippen molar-refractivity contribution in [2.45, 2.75) is 6.42 Å². The van der Waals surface area contributed by atoms with Gasteiger partial charge in [-0.3, -0.25) is 9.59 Å². The van der Waals surface area contributed by atoms with Gasteiger partial charge in [0.05, 0.1) is 22.2 Å². The van der Waals surface area contributed by atoms with Gasteiger partial charge in [0.25, 0.3) is 5.91 Å². The van der Waals surface area contributed by atoms with Gasteiger partial charge in [0.1, 0.15) is 13.2 Å². The van der Waals surface area contributed by atoms with Gasteiger partial charge >= 0.3 is 5.97 Å². The smallest absolute Gasteiger partial charge is 0.310 e. The van der Waals surface area contributed by atoms with E-state index < -0.39 is 18.5 Å². The predicted octanol–water partition coefficient (Wildman–Crippen LogP) is 4.14. The van der Waals surface area contributed by atoms with Gasteiger partial charge in [-0.05, 0) is 35.9 Å². The largest absolute Gasteiger partial charge is 0.486 e. The lowest BCUT2D eigenvalue weighted by molar-refractivity contribution is -0.146. The number of amides is 1. The summed E-state index contributed by atoms with van der Waals surface area (Å²) in [6, 6.07) is 7.91. The SMILES string of the molecule is O=C(COC(=O)Cc1cc(Cl)c2c(c1)OCCO2)Nc1cc(Cl)ccc1Cl. The molecule has 0 radical (unpaired) electrons. The molecule has 0 unspecified atom stereocenters. The maximum Gasteiger partial charge on any atom is 0.310 e. The van der Waals surface area contributed by atoms with Crippen molar-refractivity contribution < 1.29 is 23.8 Å². The monoisotopic (exact) mass is 429 g/mol. The molecule has 1 aliphatic heterocycles. The number of ether oxygens (including phenoxy) is 3. The summed E-state index contributed by atoms with van der Waals surface area (Å²) in [6.07, 6.45) is -0.0679. The molecule has 0 fully saturated rings. The molecule has 0 saturated carbocycles. The van der Waals surface area contributed by atoms with Gasteiger partial charge < -0.3 is 19.5 Å². The molecule has 0 aliphatic carbocycles. The average molecular weight is 431 g/mol. The minimum Gasteiger partial charge on any atom is -0.486 e. The standard InChI is InChI=1S/C18H14Cl3NO5/c19-11-1-2-12(20)14(8-11)22-16(23)9-27-17(24)7-10-5-13(21)18-15(6-10)25-3-4-26-18/h1-2,5-6,8H,3-4,7,9H2,(H,22,23). The fraction of sp³-hybridized carbons (Fsp3) is 0.222. The summed E-state index contributed by atoms with van der Waals surface area (Å²) in [5.41, 5.74) is 0.927. The number of hydrogen-bond donors (Lipinski definition) is 1. The van der Waals surface area contributed by atoms with Crippen LogP contribution < -0.4 is 14.8 Å². The van der Waals surface area contributed by atoms with E-state index in [1.54, 1.807) is 24.3 Å². The fourth-order valence-electron chi connectivity index (χ4n) is 2.41. The van der Waals surface area contributed by atoms with Crippen LogP contribution in [0.25, 0.3) is 0 Å². The van der Waals surface area contributed by atoms with Gasteiger partial charge in [-0.25, -0.2) is 0 Å². The van der Waals surface area contributed by atoms with Gasteiger partial charge in [-0.2, -0.15) is 0 Å². The minimum absolute atomic E-state index is 0.0679. The molecule has 0 bridgehead atoms. The van der Waals surface area contributed by atoms with Crippen molar-refractivity contribution in [1.82, 2.24) is 0 Å². The Kier molecular flexibility index (Phi) is 6.31. The summed E-state index contributed by atoms with van der Waals surface area (Å²) >= 11 is 18.0. The van der Waals surface area contributed by atoms with Crippen LogP contribution in [0.1, 0.15) is 5.56 Å². The highest BCUT2D eigenvalue weighted by molar-refractivity contribution is 6.35. The normalized spacial score (nSPS) is 12.4. The van der Waals surface area contributed by atoms with Crippen molar-refractivity contribution in [2.75, 3.05) is 25.1 Å². The van der Waals surface area contributed by atoms with Crippen LogP contribution in [-0.2, 0) is 20.7 Å². The van der Waals surface area contributed by atoms with E-state index in [9.17, 15) is 9.59 Å². The third-order valence-electron chi connectivity index (χ3n) is 3.57. The van der Waals surface area contributed by atoms with Crippen LogP contribution in [0.5, 0.6) is 11.5 Å². The molecular weight excluding hydrogens is 417 g/mol. The molecule has 9 heteroatoms. The number of rotatable bonds is 5. The number of carbonyl (C=O) groups excluding carboxylic acids is 2. The zero-order valence-corrected chi connectivity index (χ0v) is 16.2. The molecular formula is C18H14Cl3NO5. The Balaban J connectivity index is 1.54. The van der Waals surface area contributed by atoms with Crippen molar-refractivity contribution in [3.8, 4) is 11.5 Å². The minimum atomic E-state index is -0.588. The molecule has 27 heavy (non-hydrogen) atoms. The van der Waals surface area contributed by atoms with Crippen LogP contribution in [0.3, 0.4) is 0 Å². The van der Waals surface area contributed by atoms with Crippen molar-refractivity contribution in [1.29, 1.82) is 0 Å². The third kappa shape index (κ3) is 5.19. The Hall–Kier alpha value is -2.15. The Morgan fingerprint density at radius 3 is 2.63 bits per heavy atom. The maximum absolute atomic E-state index is 12.0. The lowest BCUT2D eigenvalue weighted by Crippen LogP contribution is -2.22. The first-order valence-corrected chi connectivity index (χ1v) is 9.04. The topological polar surface area (TPSA) is 73.9 Å². The van der Waals surface area contributed by atoms with E-state index in [2.05, 4.69) is 5.32 Å². The number of fused-ring (bicyclic) bond motifs is 1. The van der Waals surface area contributed by atoms with E-state index in [1.807, 2.05) is 0 Å². The molecule has 2 aromatic carbocycles. The number of nitrogens with one attached hydrogen (secondary N) is 1. The molecule has 0 saturated heterocycles. The quantitative estimate of drug-likeness (QED) is 0.722. The van der Waals surface area contributed by atoms with Crippen LogP contribution >= 0.6 is 34.8 Å². The number of halogens is 3. The molecule has 142 valence electrons. The molecule has 1 N–H and O–H groups in total. The number of hydrogen-bond acceptors (Lipinski definition) is 5. The van der Waals surface area contributed by atoms with E-state index >= 15 is 0 Å². The third-order valence-corrected chi connectivity index (χ3v) is 4.42. The van der Waals surface area contributed by atoms with Crippen molar-refractivity contribution in [3.05, 3.63) is 51.0 Å². The first-order chi connectivity index (χ1) is 12.9. The van der Waals surface area contributed by atoms with E-state index in [1.165, 1.54) is 6.07 Å². The van der Waals surface area contributed by atoms with Crippen molar-refractivity contribution in [3.63, 3.8) is 0 Å². The second-order valence-corrected chi connectivity index (χ2v) is 6.86. The fourth-order valence-corrected chi connectivity index (χ4v) is 3.03. The van der Waals surface area contributed by atoms with Crippen LogP contribution in [0, 0.1) is 0 Å². The van der Waals surface area contributed by atoms with E-state index in [-0.39, 0.29) is 6.42 Å². The van der Waals surface area contributed by atoms with Crippen molar-refractivity contribution >= 4 is 52.4 Å². The molecule has 0 spiro atoms. The Bertz CT molecular complexity index is 888. The van der Waals surface area contributed by atoms with Crippen LogP contribution in [0.4, 0.5) is 5.69 Å². The summed E-state index contributed by atoms with van der Waals surface area (Å²) in [7, 11) is 0. The van der Waals surface area contributed by atoms with Gasteiger partial charge in [0.2, 0.25) is 0 Å². The molecule has 1 aliphatic rings. The van der Waals surface area contributed by atoms with Gasteiger partial charge in [-0.15, -0.1) is 0 Å². The first kappa shape index (κ1) is 19.6. The lowest BCUT2D eigenvalue weighted by atomic mass is 10.1. The van der Waals surface area contributed by atoms with Gasteiger partial charge in [0, 0.05) is 5.02 Å². The Labute approximate surface area is 170 Å². The first-order valence-electron chi connectivity index (χ1n) is 7.91. The summed E-state index contributed by atoms with van der Waals surface area (Å²) in [5.74, 6) is -0.189. The molecule has 0 atom stereocenters. The second kappa shape index (κ2) is 8.69. The molecule has 3 rings (SSSR count). The van der Waals surface area contributed by atoms with Gasteiger partial charge in [0.15, 0.2) is 18.1 Å².